The molecule has 0 radical (unpaired) electrons. The highest BCUT2D eigenvalue weighted by molar-refractivity contribution is 5.58. The Morgan fingerprint density at radius 3 is 3.18 bits per heavy atom. The summed E-state index contributed by atoms with van der Waals surface area (Å²) in [5.41, 5.74) is 0. The van der Waals surface area contributed by atoms with Crippen LogP contribution >= 0.6 is 0 Å². The van der Waals surface area contributed by atoms with Gasteiger partial charge in [-0.2, -0.15) is 0 Å². The average molecular weight is 148 g/mol. The van der Waals surface area contributed by atoms with Gasteiger partial charge in [0.15, 0.2) is 0 Å². The van der Waals surface area contributed by atoms with Crippen LogP contribution in [0.1, 0.15) is 11.8 Å². The SMILES string of the molecule is C1=CC(c2ccco2)N=CN1. The fourth-order valence-corrected chi connectivity index (χ4v) is 0.991. The van der Waals surface area contributed by atoms with E-state index in [2.05, 4.69) is 10.3 Å². The molecule has 1 aromatic rings. The van der Waals surface area contributed by atoms with Crippen molar-refractivity contribution >= 4 is 6.34 Å². The van der Waals surface area contributed by atoms with Gasteiger partial charge in [-0.3, -0.25) is 4.99 Å². The first-order valence-electron chi connectivity index (χ1n) is 3.44. The highest BCUT2D eigenvalue weighted by atomic mass is 16.3. The summed E-state index contributed by atoms with van der Waals surface area (Å²) in [6.07, 6.45) is 7.10. The van der Waals surface area contributed by atoms with Crippen molar-refractivity contribution < 1.29 is 4.42 Å². The molecule has 56 valence electrons. The molecule has 1 N–H and O–H groups in total. The van der Waals surface area contributed by atoms with Crippen molar-refractivity contribution in [3.05, 3.63) is 36.4 Å². The van der Waals surface area contributed by atoms with Gasteiger partial charge in [-0.25, -0.2) is 0 Å². The molecule has 11 heavy (non-hydrogen) atoms. The number of aliphatic imine (C=N–C) groups is 1. The molecular weight excluding hydrogens is 140 g/mol. The highest BCUT2D eigenvalue weighted by Crippen LogP contribution is 2.19. The molecule has 0 bridgehead atoms. The van der Waals surface area contributed by atoms with Gasteiger partial charge in [0.1, 0.15) is 11.8 Å². The number of nitrogens with one attached hydrogen (secondary N) is 1. The number of hydrogen-bond donors (Lipinski definition) is 1. The molecule has 0 spiro atoms. The molecule has 3 nitrogen and oxygen atoms in total. The number of hydrogen-bond acceptors (Lipinski definition) is 3. The summed E-state index contributed by atoms with van der Waals surface area (Å²) in [5.74, 6) is 0.874. The first-order chi connectivity index (χ1) is 5.47. The maximum atomic E-state index is 5.18. The van der Waals surface area contributed by atoms with Gasteiger partial charge in [0.25, 0.3) is 0 Å². The number of nitrogens with zero attached hydrogens (tertiary/aromatic N) is 1. The van der Waals surface area contributed by atoms with E-state index in [0.29, 0.717) is 0 Å². The van der Waals surface area contributed by atoms with Crippen LogP contribution in [0.5, 0.6) is 0 Å². The predicted molar refractivity (Wildman–Crippen MR) is 42.2 cm³/mol. The molecule has 1 atom stereocenters. The van der Waals surface area contributed by atoms with Crippen LogP contribution in [0.3, 0.4) is 0 Å². The molecule has 0 saturated heterocycles. The number of furan rings is 1. The van der Waals surface area contributed by atoms with Gasteiger partial charge in [0, 0.05) is 6.20 Å². The Balaban J connectivity index is 2.23. The van der Waals surface area contributed by atoms with E-state index in [1.165, 1.54) is 0 Å². The standard InChI is InChI=1S/C8H8N2O/c1-2-8(11-5-1)7-3-4-9-6-10-7/h1-7H,(H,9,10). The third-order valence-corrected chi connectivity index (χ3v) is 1.52. The Labute approximate surface area is 64.4 Å². The fourth-order valence-electron chi connectivity index (χ4n) is 0.991. The zero-order chi connectivity index (χ0) is 7.52. The van der Waals surface area contributed by atoms with E-state index in [9.17, 15) is 0 Å². The van der Waals surface area contributed by atoms with Crippen molar-refractivity contribution in [2.24, 2.45) is 4.99 Å². The quantitative estimate of drug-likeness (QED) is 0.654. The third kappa shape index (κ3) is 1.17. The summed E-state index contributed by atoms with van der Waals surface area (Å²) in [7, 11) is 0. The molecule has 2 heterocycles. The first kappa shape index (κ1) is 6.22. The molecule has 2 rings (SSSR count). The maximum Gasteiger partial charge on any atom is 0.132 e. The van der Waals surface area contributed by atoms with E-state index < -0.39 is 0 Å². The largest absolute Gasteiger partial charge is 0.467 e. The van der Waals surface area contributed by atoms with Crippen molar-refractivity contribution in [2.75, 3.05) is 0 Å². The summed E-state index contributed by atoms with van der Waals surface area (Å²) in [4.78, 5) is 4.16. The first-order valence-corrected chi connectivity index (χ1v) is 3.44. The van der Waals surface area contributed by atoms with Crippen molar-refractivity contribution in [1.82, 2.24) is 5.32 Å². The second-order valence-corrected chi connectivity index (χ2v) is 2.26. The molecule has 0 aromatic carbocycles. The maximum absolute atomic E-state index is 5.18. The summed E-state index contributed by atoms with van der Waals surface area (Å²) >= 11 is 0. The summed E-state index contributed by atoms with van der Waals surface area (Å²) < 4.78 is 5.18. The van der Waals surface area contributed by atoms with Crippen LogP contribution < -0.4 is 5.32 Å². The molecule has 0 saturated carbocycles. The monoisotopic (exact) mass is 148 g/mol. The van der Waals surface area contributed by atoms with E-state index >= 15 is 0 Å². The second kappa shape index (κ2) is 2.62. The van der Waals surface area contributed by atoms with Crippen molar-refractivity contribution in [2.45, 2.75) is 6.04 Å². The molecular formula is C8H8N2O. The number of rotatable bonds is 1. The van der Waals surface area contributed by atoms with Crippen molar-refractivity contribution in [3.8, 4) is 0 Å². The Hall–Kier alpha value is -1.51. The van der Waals surface area contributed by atoms with Crippen molar-refractivity contribution in [1.29, 1.82) is 0 Å². The van der Waals surface area contributed by atoms with E-state index in [4.69, 9.17) is 4.42 Å². The summed E-state index contributed by atoms with van der Waals surface area (Å²) in [6.45, 7) is 0. The minimum absolute atomic E-state index is 0.0475. The normalized spacial score (nSPS) is 21.6. The molecule has 1 aromatic heterocycles. The van der Waals surface area contributed by atoms with Crippen LogP contribution in [0.15, 0.2) is 40.1 Å². The van der Waals surface area contributed by atoms with Gasteiger partial charge in [-0.1, -0.05) is 0 Å². The molecule has 0 fully saturated rings. The fraction of sp³-hybridized carbons (Fsp3) is 0.125. The van der Waals surface area contributed by atoms with Crippen LogP contribution in [-0.4, -0.2) is 6.34 Å². The van der Waals surface area contributed by atoms with Gasteiger partial charge >= 0.3 is 0 Å². The smallest absolute Gasteiger partial charge is 0.132 e. The molecule has 1 aliphatic heterocycles. The Kier molecular flexibility index (Phi) is 1.48. The van der Waals surface area contributed by atoms with Gasteiger partial charge in [-0.15, -0.1) is 0 Å². The topological polar surface area (TPSA) is 37.5 Å². The van der Waals surface area contributed by atoms with Gasteiger partial charge in [0.05, 0.1) is 12.6 Å². The predicted octanol–water partition coefficient (Wildman–Crippen LogP) is 1.47. The zero-order valence-corrected chi connectivity index (χ0v) is 5.90. The Morgan fingerprint density at radius 1 is 1.55 bits per heavy atom. The van der Waals surface area contributed by atoms with Crippen LogP contribution in [0.25, 0.3) is 0 Å². The molecule has 1 unspecified atom stereocenters. The van der Waals surface area contributed by atoms with Crippen LogP contribution in [-0.2, 0) is 0 Å². The van der Waals surface area contributed by atoms with Crippen LogP contribution in [0.4, 0.5) is 0 Å². The highest BCUT2D eigenvalue weighted by Gasteiger charge is 2.08. The van der Waals surface area contributed by atoms with Gasteiger partial charge < -0.3 is 9.73 Å². The molecule has 0 aliphatic carbocycles. The van der Waals surface area contributed by atoms with Crippen LogP contribution in [0, 0.1) is 0 Å². The minimum atomic E-state index is 0.0475. The lowest BCUT2D eigenvalue weighted by molar-refractivity contribution is 0.493. The second-order valence-electron chi connectivity index (χ2n) is 2.26. The van der Waals surface area contributed by atoms with E-state index in [-0.39, 0.29) is 6.04 Å². The minimum Gasteiger partial charge on any atom is -0.467 e. The summed E-state index contributed by atoms with van der Waals surface area (Å²) in [5, 5.41) is 2.86. The lowest BCUT2D eigenvalue weighted by Gasteiger charge is -2.06. The lowest BCUT2D eigenvalue weighted by atomic mass is 10.2. The third-order valence-electron chi connectivity index (χ3n) is 1.52. The molecule has 1 aliphatic rings. The van der Waals surface area contributed by atoms with E-state index in [1.54, 1.807) is 12.6 Å². The van der Waals surface area contributed by atoms with E-state index in [0.717, 1.165) is 5.76 Å². The summed E-state index contributed by atoms with van der Waals surface area (Å²) in [6, 6.07) is 3.82. The lowest BCUT2D eigenvalue weighted by Crippen LogP contribution is -2.07. The average Bonchev–Trinajstić information content (AvgIpc) is 2.58. The Morgan fingerprint density at radius 2 is 2.55 bits per heavy atom. The Bertz CT molecular complexity index is 262. The van der Waals surface area contributed by atoms with Gasteiger partial charge in [-0.05, 0) is 18.2 Å². The van der Waals surface area contributed by atoms with Crippen LogP contribution in [0.2, 0.25) is 0 Å². The zero-order valence-electron chi connectivity index (χ0n) is 5.90. The molecule has 0 amide bonds. The van der Waals surface area contributed by atoms with Crippen molar-refractivity contribution in [3.63, 3.8) is 0 Å². The van der Waals surface area contributed by atoms with Gasteiger partial charge in [0.2, 0.25) is 0 Å². The van der Waals surface area contributed by atoms with E-state index in [1.807, 2.05) is 24.4 Å². The molecule has 3 heteroatoms.